The van der Waals surface area contributed by atoms with Crippen molar-refractivity contribution in [2.75, 3.05) is 13.1 Å². The van der Waals surface area contributed by atoms with Gasteiger partial charge in [-0.15, -0.1) is 0 Å². The second-order valence-corrected chi connectivity index (χ2v) is 7.68. The summed E-state index contributed by atoms with van der Waals surface area (Å²) in [4.78, 5) is 14.6. The minimum Gasteiger partial charge on any atom is -0.489 e. The first-order valence-corrected chi connectivity index (χ1v) is 9.98. The highest BCUT2D eigenvalue weighted by Crippen LogP contribution is 2.27. The maximum absolute atomic E-state index is 12.5. The summed E-state index contributed by atoms with van der Waals surface area (Å²) in [7, 11) is 0. The molecule has 0 fully saturated rings. The number of ether oxygens (including phenoxy) is 1. The van der Waals surface area contributed by atoms with E-state index in [0.29, 0.717) is 31.2 Å². The van der Waals surface area contributed by atoms with Crippen LogP contribution in [0.15, 0.2) is 60.9 Å². The molecule has 7 heteroatoms. The summed E-state index contributed by atoms with van der Waals surface area (Å²) in [6, 6.07) is 15.5. The van der Waals surface area contributed by atoms with Gasteiger partial charge in [-0.25, -0.2) is 4.68 Å². The number of fused-ring (bicyclic) bond motifs is 1. The molecule has 0 bridgehead atoms. The normalized spacial score (nSPS) is 16.6. The third kappa shape index (κ3) is 4.96. The van der Waals surface area contributed by atoms with E-state index in [-0.39, 0.29) is 12.0 Å². The first-order valence-electron chi connectivity index (χ1n) is 9.60. The highest BCUT2D eigenvalue weighted by atomic mass is 35.5. The highest BCUT2D eigenvalue weighted by Gasteiger charge is 2.22. The molecule has 2 heterocycles. The summed E-state index contributed by atoms with van der Waals surface area (Å²) in [5, 5.41) is 7.89. The van der Waals surface area contributed by atoms with Crippen molar-refractivity contribution in [3.05, 3.63) is 77.1 Å². The number of nitrogens with zero attached hydrogens (tertiary/aromatic N) is 3. The summed E-state index contributed by atoms with van der Waals surface area (Å²) < 4.78 is 7.76. The molecule has 0 saturated carbocycles. The molecule has 4 rings (SSSR count). The Kier molecular flexibility index (Phi) is 5.83. The van der Waals surface area contributed by atoms with Crippen LogP contribution in [-0.2, 0) is 17.9 Å². The van der Waals surface area contributed by atoms with E-state index in [0.717, 1.165) is 22.6 Å². The van der Waals surface area contributed by atoms with Gasteiger partial charge >= 0.3 is 0 Å². The van der Waals surface area contributed by atoms with Crippen LogP contribution in [0.3, 0.4) is 0 Å². The van der Waals surface area contributed by atoms with E-state index in [4.69, 9.17) is 16.3 Å². The Bertz CT molecular complexity index is 973. The average molecular weight is 411 g/mol. The van der Waals surface area contributed by atoms with Crippen molar-refractivity contribution in [2.45, 2.75) is 26.1 Å². The minimum atomic E-state index is -0.0150. The molecule has 0 radical (unpaired) electrons. The lowest BCUT2D eigenvalue weighted by Gasteiger charge is -2.21. The molecule has 1 aromatic heterocycles. The van der Waals surface area contributed by atoms with E-state index in [1.807, 2.05) is 61.7 Å². The molecule has 150 valence electrons. The number of carbonyl (C=O) groups is 1. The molecule has 6 nitrogen and oxygen atoms in total. The Morgan fingerprint density at radius 2 is 2.10 bits per heavy atom. The Morgan fingerprint density at radius 3 is 2.86 bits per heavy atom. The van der Waals surface area contributed by atoms with Crippen molar-refractivity contribution < 1.29 is 9.53 Å². The summed E-state index contributed by atoms with van der Waals surface area (Å²) in [5.41, 5.74) is 3.03. The molecule has 1 aliphatic heterocycles. The van der Waals surface area contributed by atoms with Crippen LogP contribution in [0.5, 0.6) is 5.75 Å². The first-order chi connectivity index (χ1) is 14.1. The quantitative estimate of drug-likeness (QED) is 0.700. The van der Waals surface area contributed by atoms with Crippen LogP contribution in [0.4, 0.5) is 0 Å². The van der Waals surface area contributed by atoms with Crippen LogP contribution in [-0.4, -0.2) is 39.8 Å². The molecule has 1 atom stereocenters. The Labute approximate surface area is 175 Å². The molecule has 1 aliphatic rings. The van der Waals surface area contributed by atoms with Crippen molar-refractivity contribution in [1.82, 2.24) is 20.0 Å². The van der Waals surface area contributed by atoms with Gasteiger partial charge in [0.15, 0.2) is 0 Å². The van der Waals surface area contributed by atoms with Crippen LogP contribution >= 0.6 is 11.6 Å². The van der Waals surface area contributed by atoms with Crippen molar-refractivity contribution in [2.24, 2.45) is 0 Å². The van der Waals surface area contributed by atoms with Gasteiger partial charge in [-0.3, -0.25) is 9.69 Å². The molecule has 3 aromatic rings. The van der Waals surface area contributed by atoms with E-state index in [1.54, 1.807) is 10.9 Å². The monoisotopic (exact) mass is 410 g/mol. The number of amides is 1. The molecular weight excluding hydrogens is 388 g/mol. The maximum Gasteiger partial charge on any atom is 0.234 e. The molecule has 29 heavy (non-hydrogen) atoms. The van der Waals surface area contributed by atoms with Gasteiger partial charge in [-0.05, 0) is 48.9 Å². The zero-order valence-corrected chi connectivity index (χ0v) is 17.0. The number of hydrogen-bond acceptors (Lipinski definition) is 4. The van der Waals surface area contributed by atoms with Crippen LogP contribution in [0.25, 0.3) is 5.69 Å². The van der Waals surface area contributed by atoms with E-state index in [1.165, 1.54) is 0 Å². The van der Waals surface area contributed by atoms with Gasteiger partial charge in [0.25, 0.3) is 0 Å². The number of hydrogen-bond donors (Lipinski definition) is 1. The second-order valence-electron chi connectivity index (χ2n) is 7.24. The minimum absolute atomic E-state index is 0.0000610. The van der Waals surface area contributed by atoms with E-state index in [9.17, 15) is 4.79 Å². The standard InChI is InChI=1S/C22H23ClN4O2/c1-16-13-26(14-18-11-19(23)5-8-21(18)29-16)15-22(28)24-12-17-3-6-20(7-4-17)27-10-2-9-25-27/h2-11,16H,12-15H2,1H3,(H,24,28). The zero-order chi connectivity index (χ0) is 20.2. The van der Waals surface area contributed by atoms with Crippen molar-refractivity contribution in [3.8, 4) is 11.4 Å². The lowest BCUT2D eigenvalue weighted by Crippen LogP contribution is -2.39. The van der Waals surface area contributed by atoms with E-state index < -0.39 is 0 Å². The molecule has 0 spiro atoms. The number of carbonyl (C=O) groups excluding carboxylic acids is 1. The highest BCUT2D eigenvalue weighted by molar-refractivity contribution is 6.30. The predicted molar refractivity (Wildman–Crippen MR) is 112 cm³/mol. The molecule has 1 unspecified atom stereocenters. The van der Waals surface area contributed by atoms with Gasteiger partial charge in [0.1, 0.15) is 11.9 Å². The number of halogens is 1. The average Bonchev–Trinajstić information content (AvgIpc) is 3.18. The maximum atomic E-state index is 12.5. The fraction of sp³-hybridized carbons (Fsp3) is 0.273. The lowest BCUT2D eigenvalue weighted by molar-refractivity contribution is -0.122. The SMILES string of the molecule is CC1CN(CC(=O)NCc2ccc(-n3cccn3)cc2)Cc2cc(Cl)ccc2O1. The van der Waals surface area contributed by atoms with E-state index in [2.05, 4.69) is 15.3 Å². The van der Waals surface area contributed by atoms with E-state index >= 15 is 0 Å². The smallest absolute Gasteiger partial charge is 0.234 e. The summed E-state index contributed by atoms with van der Waals surface area (Å²) >= 11 is 6.12. The van der Waals surface area contributed by atoms with Crippen LogP contribution < -0.4 is 10.1 Å². The summed E-state index contributed by atoms with van der Waals surface area (Å²) in [5.74, 6) is 0.820. The Balaban J connectivity index is 1.33. The van der Waals surface area contributed by atoms with Crippen molar-refractivity contribution in [1.29, 1.82) is 0 Å². The molecular formula is C22H23ClN4O2. The van der Waals surface area contributed by atoms with Gasteiger partial charge < -0.3 is 10.1 Å². The molecule has 0 aliphatic carbocycles. The van der Waals surface area contributed by atoms with Gasteiger partial charge in [0.05, 0.1) is 12.2 Å². The van der Waals surface area contributed by atoms with Crippen molar-refractivity contribution >= 4 is 17.5 Å². The number of nitrogens with one attached hydrogen (secondary N) is 1. The molecule has 0 saturated heterocycles. The zero-order valence-electron chi connectivity index (χ0n) is 16.2. The molecule has 1 amide bonds. The third-order valence-corrected chi connectivity index (χ3v) is 5.06. The summed E-state index contributed by atoms with van der Waals surface area (Å²) in [6.45, 7) is 4.12. The molecule has 2 aromatic carbocycles. The Hall–Kier alpha value is -2.83. The lowest BCUT2D eigenvalue weighted by atomic mass is 10.2. The second kappa shape index (κ2) is 8.68. The fourth-order valence-electron chi connectivity index (χ4n) is 3.48. The fourth-order valence-corrected chi connectivity index (χ4v) is 3.67. The number of aromatic nitrogens is 2. The Morgan fingerprint density at radius 1 is 1.28 bits per heavy atom. The third-order valence-electron chi connectivity index (χ3n) is 4.82. The largest absolute Gasteiger partial charge is 0.489 e. The first kappa shape index (κ1) is 19.5. The summed E-state index contributed by atoms with van der Waals surface area (Å²) in [6.07, 6.45) is 3.64. The number of rotatable bonds is 5. The topological polar surface area (TPSA) is 59.4 Å². The van der Waals surface area contributed by atoms with Crippen LogP contribution in [0.2, 0.25) is 5.02 Å². The predicted octanol–water partition coefficient (Wildman–Crippen LogP) is 3.43. The van der Waals surface area contributed by atoms with Crippen molar-refractivity contribution in [3.63, 3.8) is 0 Å². The number of benzene rings is 2. The van der Waals surface area contributed by atoms with Gasteiger partial charge in [-0.2, -0.15) is 5.10 Å². The van der Waals surface area contributed by atoms with Gasteiger partial charge in [-0.1, -0.05) is 23.7 Å². The van der Waals surface area contributed by atoms with Crippen LogP contribution in [0.1, 0.15) is 18.1 Å². The van der Waals surface area contributed by atoms with Crippen LogP contribution in [0, 0.1) is 0 Å². The molecule has 1 N–H and O–H groups in total. The van der Waals surface area contributed by atoms with Gasteiger partial charge in [0.2, 0.25) is 5.91 Å². The van der Waals surface area contributed by atoms with Gasteiger partial charge in [0, 0.05) is 42.6 Å².